The number of piperazine rings is 1. The van der Waals surface area contributed by atoms with Crippen LogP contribution in [0.1, 0.15) is 12.8 Å². The summed E-state index contributed by atoms with van der Waals surface area (Å²) in [5.74, 6) is -1.05. The van der Waals surface area contributed by atoms with Crippen LogP contribution >= 0.6 is 11.8 Å². The lowest BCUT2D eigenvalue weighted by Crippen LogP contribution is -2.58. The molecule has 0 aromatic heterocycles. The SMILES string of the molecule is O=C1CCC2(C(=O)N3CCN(S(=O)(=O)c4ccccc4F)CC3)Sc3ccccc3N12. The van der Waals surface area contributed by atoms with Gasteiger partial charge in [0.1, 0.15) is 10.7 Å². The lowest BCUT2D eigenvalue weighted by atomic mass is 10.1. The largest absolute Gasteiger partial charge is 0.337 e. The molecule has 0 bridgehead atoms. The molecule has 1 atom stereocenters. The van der Waals surface area contributed by atoms with Crippen LogP contribution in [0.15, 0.2) is 58.3 Å². The summed E-state index contributed by atoms with van der Waals surface area (Å²) in [4.78, 5) is 28.9. The molecule has 3 aliphatic heterocycles. The normalized spacial score (nSPS) is 23.7. The first-order chi connectivity index (χ1) is 14.8. The molecule has 2 aromatic rings. The Kier molecular flexibility index (Phi) is 4.83. The van der Waals surface area contributed by atoms with Gasteiger partial charge in [-0.1, -0.05) is 36.0 Å². The van der Waals surface area contributed by atoms with Crippen molar-refractivity contribution in [1.82, 2.24) is 9.21 Å². The molecule has 0 aliphatic carbocycles. The second-order valence-electron chi connectivity index (χ2n) is 7.71. The van der Waals surface area contributed by atoms with Crippen LogP contribution in [0, 0.1) is 5.82 Å². The number of para-hydroxylation sites is 1. The molecule has 5 rings (SSSR count). The number of halogens is 1. The zero-order valence-corrected chi connectivity index (χ0v) is 18.2. The van der Waals surface area contributed by atoms with Crippen LogP contribution in [0.2, 0.25) is 0 Å². The molecular formula is C21H20FN3O4S2. The van der Waals surface area contributed by atoms with Gasteiger partial charge in [0.25, 0.3) is 5.91 Å². The van der Waals surface area contributed by atoms with E-state index < -0.39 is 20.7 Å². The number of hydrogen-bond acceptors (Lipinski definition) is 5. The van der Waals surface area contributed by atoms with Crippen molar-refractivity contribution in [2.24, 2.45) is 0 Å². The number of carbonyl (C=O) groups is 2. The molecule has 1 unspecified atom stereocenters. The summed E-state index contributed by atoms with van der Waals surface area (Å²) in [5, 5.41) is 0. The Hall–Kier alpha value is -2.43. The number of carbonyl (C=O) groups excluding carboxylic acids is 2. The number of sulfonamides is 1. The van der Waals surface area contributed by atoms with Crippen LogP contribution in [0.4, 0.5) is 10.1 Å². The van der Waals surface area contributed by atoms with Crippen molar-refractivity contribution < 1.29 is 22.4 Å². The fourth-order valence-corrected chi connectivity index (χ4v) is 7.43. The van der Waals surface area contributed by atoms with Crippen molar-refractivity contribution in [3.63, 3.8) is 0 Å². The van der Waals surface area contributed by atoms with E-state index in [9.17, 15) is 22.4 Å². The van der Waals surface area contributed by atoms with E-state index in [2.05, 4.69) is 0 Å². The van der Waals surface area contributed by atoms with Crippen LogP contribution in [-0.4, -0.2) is 60.5 Å². The number of benzene rings is 2. The zero-order valence-electron chi connectivity index (χ0n) is 16.5. The molecule has 0 radical (unpaired) electrons. The zero-order chi connectivity index (χ0) is 21.8. The molecular weight excluding hydrogens is 441 g/mol. The smallest absolute Gasteiger partial charge is 0.259 e. The predicted molar refractivity (Wildman–Crippen MR) is 113 cm³/mol. The monoisotopic (exact) mass is 461 g/mol. The van der Waals surface area contributed by atoms with Gasteiger partial charge in [0, 0.05) is 37.5 Å². The average molecular weight is 462 g/mol. The fourth-order valence-electron chi connectivity index (χ4n) is 4.45. The number of rotatable bonds is 3. The average Bonchev–Trinajstić information content (AvgIpc) is 3.29. The highest BCUT2D eigenvalue weighted by Gasteiger charge is 2.58. The van der Waals surface area contributed by atoms with E-state index in [1.165, 1.54) is 34.3 Å². The minimum absolute atomic E-state index is 0.0735. The molecule has 3 heterocycles. The van der Waals surface area contributed by atoms with Gasteiger partial charge in [-0.25, -0.2) is 12.8 Å². The first-order valence-electron chi connectivity index (χ1n) is 10.00. The van der Waals surface area contributed by atoms with E-state index >= 15 is 0 Å². The lowest BCUT2D eigenvalue weighted by molar-refractivity contribution is -0.135. The van der Waals surface area contributed by atoms with Gasteiger partial charge in [0.15, 0.2) is 4.87 Å². The predicted octanol–water partition coefficient (Wildman–Crippen LogP) is 2.29. The van der Waals surface area contributed by atoms with Gasteiger partial charge in [-0.2, -0.15) is 4.31 Å². The Labute approximate surface area is 183 Å². The number of nitrogens with zero attached hydrogens (tertiary/aromatic N) is 3. The Bertz CT molecular complexity index is 1180. The van der Waals surface area contributed by atoms with Gasteiger partial charge in [-0.15, -0.1) is 0 Å². The van der Waals surface area contributed by atoms with Gasteiger partial charge < -0.3 is 4.90 Å². The lowest BCUT2D eigenvalue weighted by Gasteiger charge is -2.39. The molecule has 0 spiro atoms. The van der Waals surface area contributed by atoms with Crippen molar-refractivity contribution in [2.75, 3.05) is 31.1 Å². The van der Waals surface area contributed by atoms with Crippen LogP contribution < -0.4 is 4.90 Å². The summed E-state index contributed by atoms with van der Waals surface area (Å²) in [6.07, 6.45) is 0.715. The van der Waals surface area contributed by atoms with E-state index in [4.69, 9.17) is 0 Å². The highest BCUT2D eigenvalue weighted by Crippen LogP contribution is 2.56. The molecule has 10 heteroatoms. The minimum atomic E-state index is -3.98. The van der Waals surface area contributed by atoms with E-state index in [1.54, 1.807) is 9.80 Å². The fraction of sp³-hybridized carbons (Fsp3) is 0.333. The number of thioether (sulfide) groups is 1. The molecule has 31 heavy (non-hydrogen) atoms. The third-order valence-corrected chi connectivity index (χ3v) is 9.38. The van der Waals surface area contributed by atoms with Gasteiger partial charge in [-0.05, 0) is 30.7 Å². The second-order valence-corrected chi connectivity index (χ2v) is 10.9. The molecule has 7 nitrogen and oxygen atoms in total. The summed E-state index contributed by atoms with van der Waals surface area (Å²) in [5.41, 5.74) is 0.754. The topological polar surface area (TPSA) is 78.0 Å². The molecule has 2 saturated heterocycles. The first-order valence-corrected chi connectivity index (χ1v) is 12.3. The van der Waals surface area contributed by atoms with Crippen molar-refractivity contribution in [3.8, 4) is 0 Å². The standard InChI is InChI=1S/C21H20FN3O4S2/c22-15-5-1-4-8-18(15)31(28,29)24-13-11-23(12-14-24)20(27)21-10-9-19(26)25(21)16-6-2-3-7-17(16)30-21/h1-8H,9-14H2. The maximum absolute atomic E-state index is 14.1. The summed E-state index contributed by atoms with van der Waals surface area (Å²) in [6, 6.07) is 12.8. The Balaban J connectivity index is 1.35. The maximum Gasteiger partial charge on any atom is 0.259 e. The van der Waals surface area contributed by atoms with Gasteiger partial charge >= 0.3 is 0 Å². The Morgan fingerprint density at radius 3 is 2.42 bits per heavy atom. The van der Waals surface area contributed by atoms with Crippen molar-refractivity contribution >= 4 is 39.3 Å². The Morgan fingerprint density at radius 1 is 1.00 bits per heavy atom. The van der Waals surface area contributed by atoms with Crippen LogP contribution in [-0.2, 0) is 19.6 Å². The quantitative estimate of drug-likeness (QED) is 0.701. The minimum Gasteiger partial charge on any atom is -0.337 e. The maximum atomic E-state index is 14.1. The molecule has 2 amide bonds. The number of hydrogen-bond donors (Lipinski definition) is 0. The van der Waals surface area contributed by atoms with Crippen LogP contribution in [0.25, 0.3) is 0 Å². The first kappa shape index (κ1) is 20.5. The van der Waals surface area contributed by atoms with Crippen LogP contribution in [0.3, 0.4) is 0 Å². The molecule has 2 fully saturated rings. The highest BCUT2D eigenvalue weighted by atomic mass is 32.2. The molecule has 3 aliphatic rings. The second kappa shape index (κ2) is 7.32. The van der Waals surface area contributed by atoms with Gasteiger partial charge in [-0.3, -0.25) is 14.5 Å². The summed E-state index contributed by atoms with van der Waals surface area (Å²) < 4.78 is 40.9. The molecule has 162 valence electrons. The van der Waals surface area contributed by atoms with Crippen molar-refractivity contribution in [1.29, 1.82) is 0 Å². The van der Waals surface area contributed by atoms with E-state index in [1.807, 2.05) is 24.3 Å². The number of anilines is 1. The summed E-state index contributed by atoms with van der Waals surface area (Å²) in [7, 11) is -3.98. The van der Waals surface area contributed by atoms with Crippen LogP contribution in [0.5, 0.6) is 0 Å². The van der Waals surface area contributed by atoms with Gasteiger partial charge in [0.05, 0.1) is 5.69 Å². The van der Waals surface area contributed by atoms with Crippen molar-refractivity contribution in [3.05, 3.63) is 54.3 Å². The molecule has 2 aromatic carbocycles. The van der Waals surface area contributed by atoms with E-state index in [-0.39, 0.29) is 42.9 Å². The highest BCUT2D eigenvalue weighted by molar-refractivity contribution is 8.02. The number of amides is 2. The Morgan fingerprint density at radius 2 is 1.68 bits per heavy atom. The third kappa shape index (κ3) is 3.07. The third-order valence-electron chi connectivity index (χ3n) is 5.99. The molecule has 0 saturated carbocycles. The van der Waals surface area contributed by atoms with E-state index in [0.29, 0.717) is 12.8 Å². The van der Waals surface area contributed by atoms with Gasteiger partial charge in [0.2, 0.25) is 15.9 Å². The molecule has 0 N–H and O–H groups in total. The summed E-state index contributed by atoms with van der Waals surface area (Å²) in [6.45, 7) is 0.522. The van der Waals surface area contributed by atoms with Crippen molar-refractivity contribution in [2.45, 2.75) is 27.5 Å². The van der Waals surface area contributed by atoms with E-state index in [0.717, 1.165) is 16.6 Å². The number of fused-ring (bicyclic) bond motifs is 3. The summed E-state index contributed by atoms with van der Waals surface area (Å²) >= 11 is 1.40.